The van der Waals surface area contributed by atoms with Crippen molar-refractivity contribution in [2.24, 2.45) is 0 Å². The molecule has 4 heterocycles. The van der Waals surface area contributed by atoms with E-state index in [1.54, 1.807) is 17.5 Å². The molecular formula is C18H19N5S. The molecule has 122 valence electrons. The zero-order chi connectivity index (χ0) is 16.7. The number of likely N-dealkylation sites (N-methyl/N-ethyl adjacent to an activating group) is 1. The van der Waals surface area contributed by atoms with Gasteiger partial charge in [-0.2, -0.15) is 5.26 Å². The molecule has 1 saturated heterocycles. The van der Waals surface area contributed by atoms with Gasteiger partial charge in [0.1, 0.15) is 11.1 Å². The molecule has 0 radical (unpaired) electrons. The largest absolute Gasteiger partial charge is 0.367 e. The summed E-state index contributed by atoms with van der Waals surface area (Å²) in [7, 11) is 2.16. The van der Waals surface area contributed by atoms with Crippen LogP contribution in [0.4, 0.5) is 5.00 Å². The number of anilines is 1. The van der Waals surface area contributed by atoms with Crippen LogP contribution in [-0.4, -0.2) is 48.0 Å². The van der Waals surface area contributed by atoms with Gasteiger partial charge in [-0.1, -0.05) is 0 Å². The second-order valence-electron chi connectivity index (χ2n) is 6.30. The molecule has 0 aliphatic carbocycles. The molecule has 6 heteroatoms. The summed E-state index contributed by atoms with van der Waals surface area (Å²) in [6.45, 7) is 6.20. The molecule has 0 unspecified atom stereocenters. The number of piperazine rings is 1. The quantitative estimate of drug-likeness (QED) is 0.838. The van der Waals surface area contributed by atoms with Crippen molar-refractivity contribution in [1.29, 1.82) is 5.26 Å². The van der Waals surface area contributed by atoms with Gasteiger partial charge in [0.05, 0.1) is 16.6 Å². The number of thiophene rings is 1. The number of aromatic nitrogens is 1. The molecule has 0 bridgehead atoms. The first-order chi connectivity index (χ1) is 11.7. The number of nitriles is 1. The van der Waals surface area contributed by atoms with Crippen LogP contribution in [-0.2, 0) is 0 Å². The van der Waals surface area contributed by atoms with Crippen molar-refractivity contribution < 1.29 is 0 Å². The number of rotatable bonds is 1. The zero-order valence-corrected chi connectivity index (χ0v) is 14.7. The highest BCUT2D eigenvalue weighted by molar-refractivity contribution is 7.16. The molecule has 4 rings (SSSR count). The smallest absolute Gasteiger partial charge is 0.102 e. The molecule has 2 aromatic rings. The van der Waals surface area contributed by atoms with Gasteiger partial charge in [0, 0.05) is 54.2 Å². The maximum atomic E-state index is 9.18. The lowest BCUT2D eigenvalue weighted by molar-refractivity contribution is 0.206. The summed E-state index contributed by atoms with van der Waals surface area (Å²) in [6.07, 6.45) is 3.65. The topological polar surface area (TPSA) is 55.2 Å². The fraction of sp³-hybridized carbons (Fsp3) is 0.333. The molecule has 24 heavy (non-hydrogen) atoms. The summed E-state index contributed by atoms with van der Waals surface area (Å²) in [5.41, 5.74) is 2.99. The normalized spacial score (nSPS) is 17.2. The van der Waals surface area contributed by atoms with E-state index in [0.29, 0.717) is 5.56 Å². The van der Waals surface area contributed by atoms with Crippen LogP contribution < -0.4 is 15.9 Å². The van der Waals surface area contributed by atoms with E-state index >= 15 is 0 Å². The van der Waals surface area contributed by atoms with Gasteiger partial charge in [-0.3, -0.25) is 4.98 Å². The Balaban J connectivity index is 1.97. The molecule has 0 amide bonds. The first-order valence-corrected chi connectivity index (χ1v) is 8.89. The highest BCUT2D eigenvalue weighted by Gasteiger charge is 2.23. The molecule has 1 fully saturated rings. The third-order valence-electron chi connectivity index (χ3n) is 4.56. The van der Waals surface area contributed by atoms with E-state index in [-0.39, 0.29) is 0 Å². The fourth-order valence-corrected chi connectivity index (χ4v) is 4.15. The maximum Gasteiger partial charge on any atom is 0.102 e. The molecule has 2 aliphatic rings. The zero-order valence-electron chi connectivity index (χ0n) is 13.8. The lowest BCUT2D eigenvalue weighted by Crippen LogP contribution is -2.46. The average Bonchev–Trinajstić information content (AvgIpc) is 2.89. The Morgan fingerprint density at radius 3 is 2.79 bits per heavy atom. The van der Waals surface area contributed by atoms with Crippen LogP contribution in [0.15, 0.2) is 18.3 Å². The monoisotopic (exact) mass is 337 g/mol. The first-order valence-electron chi connectivity index (χ1n) is 8.07. The van der Waals surface area contributed by atoms with Crippen LogP contribution in [0.2, 0.25) is 0 Å². The molecular weight excluding hydrogens is 318 g/mol. The number of hydrogen-bond acceptors (Lipinski definition) is 6. The van der Waals surface area contributed by atoms with Gasteiger partial charge in [0.2, 0.25) is 0 Å². The minimum Gasteiger partial charge on any atom is -0.367 e. The van der Waals surface area contributed by atoms with E-state index in [1.165, 1.54) is 16.1 Å². The summed E-state index contributed by atoms with van der Waals surface area (Å²) in [6, 6.07) is 6.34. The van der Waals surface area contributed by atoms with Crippen molar-refractivity contribution in [3.05, 3.63) is 44.9 Å². The van der Waals surface area contributed by atoms with Gasteiger partial charge in [-0.15, -0.1) is 11.3 Å². The molecule has 0 spiro atoms. The van der Waals surface area contributed by atoms with Crippen molar-refractivity contribution in [3.63, 3.8) is 0 Å². The molecule has 5 nitrogen and oxygen atoms in total. The maximum absolute atomic E-state index is 9.18. The van der Waals surface area contributed by atoms with Crippen LogP contribution in [0.1, 0.15) is 16.0 Å². The second kappa shape index (κ2) is 5.93. The summed E-state index contributed by atoms with van der Waals surface area (Å²) in [5, 5.41) is 15.7. The molecule has 1 N–H and O–H groups in total. The second-order valence-corrected chi connectivity index (χ2v) is 7.56. The summed E-state index contributed by atoms with van der Waals surface area (Å²) < 4.78 is 0. The van der Waals surface area contributed by atoms with Crippen molar-refractivity contribution in [3.8, 4) is 6.07 Å². The Labute approximate surface area is 145 Å². The van der Waals surface area contributed by atoms with E-state index in [0.717, 1.165) is 41.7 Å². The Morgan fingerprint density at radius 1 is 1.25 bits per heavy atom. The van der Waals surface area contributed by atoms with Crippen molar-refractivity contribution in [2.45, 2.75) is 6.92 Å². The average molecular weight is 337 g/mol. The standard InChI is InChI=1S/C18H19N5S/c1-12-7-15-17(23-5-3-22(2)4-6-23)16-14(11-21-18(15)24-12)8-13(9-19)10-20-16/h7-8,10-11,21H,3-6H2,1-2H3. The van der Waals surface area contributed by atoms with Crippen LogP contribution in [0, 0.1) is 18.3 Å². The Bertz CT molecular complexity index is 945. The van der Waals surface area contributed by atoms with Gasteiger partial charge in [0.15, 0.2) is 0 Å². The number of fused-ring (bicyclic) bond motifs is 2. The SMILES string of the molecule is Cc1cc2c(s1)NC=c1cc(C#N)cnc1=C2N1CCN(C)CC1. The van der Waals surface area contributed by atoms with Crippen molar-refractivity contribution >= 4 is 28.2 Å². The predicted octanol–water partition coefficient (Wildman–Crippen LogP) is 0.891. The minimum atomic E-state index is 0.589. The summed E-state index contributed by atoms with van der Waals surface area (Å²) >= 11 is 1.76. The number of aryl methyl sites for hydroxylation is 1. The molecule has 0 saturated carbocycles. The van der Waals surface area contributed by atoms with Gasteiger partial charge < -0.3 is 15.1 Å². The number of pyridine rings is 1. The lowest BCUT2D eigenvalue weighted by Gasteiger charge is -2.35. The highest BCUT2D eigenvalue weighted by Crippen LogP contribution is 2.34. The number of hydrogen-bond donors (Lipinski definition) is 1. The first kappa shape index (κ1) is 15.2. The Morgan fingerprint density at radius 2 is 2.04 bits per heavy atom. The fourth-order valence-electron chi connectivity index (χ4n) is 3.27. The van der Waals surface area contributed by atoms with Crippen LogP contribution in [0.3, 0.4) is 0 Å². The minimum absolute atomic E-state index is 0.589. The van der Waals surface area contributed by atoms with Crippen LogP contribution in [0.25, 0.3) is 11.9 Å². The third kappa shape index (κ3) is 2.56. The van der Waals surface area contributed by atoms with Crippen LogP contribution in [0.5, 0.6) is 0 Å². The number of nitrogens with zero attached hydrogens (tertiary/aromatic N) is 4. The van der Waals surface area contributed by atoms with Crippen LogP contribution >= 0.6 is 11.3 Å². The Hall–Kier alpha value is -2.36. The summed E-state index contributed by atoms with van der Waals surface area (Å²) in [5.74, 6) is 0. The van der Waals surface area contributed by atoms with Crippen molar-refractivity contribution in [1.82, 2.24) is 14.8 Å². The van der Waals surface area contributed by atoms with Gasteiger partial charge in [0.25, 0.3) is 0 Å². The third-order valence-corrected chi connectivity index (χ3v) is 5.54. The van der Waals surface area contributed by atoms with E-state index in [1.807, 2.05) is 12.3 Å². The predicted molar refractivity (Wildman–Crippen MR) is 96.9 cm³/mol. The van der Waals surface area contributed by atoms with E-state index in [2.05, 4.69) is 46.2 Å². The Kier molecular flexibility index (Phi) is 3.75. The van der Waals surface area contributed by atoms with E-state index in [9.17, 15) is 5.26 Å². The van der Waals surface area contributed by atoms with Gasteiger partial charge in [-0.25, -0.2) is 0 Å². The highest BCUT2D eigenvalue weighted by atomic mass is 32.1. The van der Waals surface area contributed by atoms with Gasteiger partial charge >= 0.3 is 0 Å². The molecule has 2 aliphatic heterocycles. The van der Waals surface area contributed by atoms with E-state index in [4.69, 9.17) is 0 Å². The van der Waals surface area contributed by atoms with Crippen molar-refractivity contribution in [2.75, 3.05) is 38.5 Å². The molecule has 0 atom stereocenters. The number of nitrogens with one attached hydrogen (secondary N) is 1. The molecule has 0 aromatic carbocycles. The summed E-state index contributed by atoms with van der Waals surface area (Å²) in [4.78, 5) is 10.7. The van der Waals surface area contributed by atoms with Gasteiger partial charge in [-0.05, 0) is 26.1 Å². The van der Waals surface area contributed by atoms with E-state index < -0.39 is 0 Å². The lowest BCUT2D eigenvalue weighted by atomic mass is 10.1. The molecule has 2 aromatic heterocycles.